The van der Waals surface area contributed by atoms with Crippen LogP contribution in [0, 0.1) is 0 Å². The standard InChI is InChI=1S/C12H19N3O3S/c1-2-3-10-19(17,18)15-9-8-14-12(16)11-6-4-5-7-13-11/h4-7,15H,2-3,8-10H2,1H3,(H,14,16). The number of sulfonamides is 1. The average Bonchev–Trinajstić information content (AvgIpc) is 2.42. The number of rotatable bonds is 8. The lowest BCUT2D eigenvalue weighted by Crippen LogP contribution is -2.35. The number of nitrogens with zero attached hydrogens (tertiary/aromatic N) is 1. The number of aromatic nitrogens is 1. The van der Waals surface area contributed by atoms with E-state index < -0.39 is 10.0 Å². The van der Waals surface area contributed by atoms with E-state index >= 15 is 0 Å². The summed E-state index contributed by atoms with van der Waals surface area (Å²) in [6, 6.07) is 5.04. The molecule has 1 aromatic rings. The summed E-state index contributed by atoms with van der Waals surface area (Å²) in [4.78, 5) is 15.5. The molecule has 0 aromatic carbocycles. The van der Waals surface area contributed by atoms with Crippen molar-refractivity contribution in [3.05, 3.63) is 30.1 Å². The molecule has 106 valence electrons. The number of hydrogen-bond acceptors (Lipinski definition) is 4. The van der Waals surface area contributed by atoms with Crippen LogP contribution in [0.25, 0.3) is 0 Å². The zero-order chi connectivity index (χ0) is 14.1. The Hall–Kier alpha value is -1.47. The van der Waals surface area contributed by atoms with Crippen LogP contribution in [0.3, 0.4) is 0 Å². The van der Waals surface area contributed by atoms with E-state index in [1.165, 1.54) is 6.20 Å². The lowest BCUT2D eigenvalue weighted by Gasteiger charge is -2.07. The van der Waals surface area contributed by atoms with Gasteiger partial charge in [-0.3, -0.25) is 9.78 Å². The molecule has 1 heterocycles. The van der Waals surface area contributed by atoms with Crippen molar-refractivity contribution in [1.29, 1.82) is 0 Å². The van der Waals surface area contributed by atoms with Gasteiger partial charge in [0.15, 0.2) is 0 Å². The first-order chi connectivity index (χ1) is 9.05. The molecule has 6 nitrogen and oxygen atoms in total. The Morgan fingerprint density at radius 3 is 2.74 bits per heavy atom. The van der Waals surface area contributed by atoms with Crippen molar-refractivity contribution in [3.8, 4) is 0 Å². The third kappa shape index (κ3) is 6.30. The molecule has 0 atom stereocenters. The Morgan fingerprint density at radius 1 is 1.32 bits per heavy atom. The van der Waals surface area contributed by atoms with E-state index in [0.29, 0.717) is 12.1 Å². The van der Waals surface area contributed by atoms with Gasteiger partial charge >= 0.3 is 0 Å². The quantitative estimate of drug-likeness (QED) is 0.682. The van der Waals surface area contributed by atoms with Gasteiger partial charge in [-0.05, 0) is 18.6 Å². The van der Waals surface area contributed by atoms with Gasteiger partial charge in [0.2, 0.25) is 10.0 Å². The Kier molecular flexibility index (Phi) is 6.44. The predicted molar refractivity (Wildman–Crippen MR) is 73.3 cm³/mol. The topological polar surface area (TPSA) is 88.2 Å². The highest BCUT2D eigenvalue weighted by Crippen LogP contribution is 1.93. The van der Waals surface area contributed by atoms with Crippen molar-refractivity contribution in [2.75, 3.05) is 18.8 Å². The van der Waals surface area contributed by atoms with Crippen LogP contribution in [0.2, 0.25) is 0 Å². The van der Waals surface area contributed by atoms with E-state index in [9.17, 15) is 13.2 Å². The molecule has 1 aromatic heterocycles. The number of unbranched alkanes of at least 4 members (excludes halogenated alkanes) is 1. The van der Waals surface area contributed by atoms with Gasteiger partial charge in [0, 0.05) is 19.3 Å². The van der Waals surface area contributed by atoms with Crippen LogP contribution in [-0.2, 0) is 10.0 Å². The minimum absolute atomic E-state index is 0.123. The Labute approximate surface area is 113 Å². The fraction of sp³-hybridized carbons (Fsp3) is 0.500. The third-order valence-electron chi connectivity index (χ3n) is 2.40. The molecule has 0 bridgehead atoms. The maximum Gasteiger partial charge on any atom is 0.269 e. The van der Waals surface area contributed by atoms with Crippen LogP contribution < -0.4 is 10.0 Å². The van der Waals surface area contributed by atoms with Gasteiger partial charge in [-0.15, -0.1) is 0 Å². The summed E-state index contributed by atoms with van der Waals surface area (Å²) in [6.07, 6.45) is 3.00. The average molecular weight is 285 g/mol. The minimum Gasteiger partial charge on any atom is -0.349 e. The van der Waals surface area contributed by atoms with E-state index in [4.69, 9.17) is 0 Å². The van der Waals surface area contributed by atoms with E-state index in [2.05, 4.69) is 15.0 Å². The number of carbonyl (C=O) groups is 1. The minimum atomic E-state index is -3.22. The van der Waals surface area contributed by atoms with Crippen LogP contribution in [0.4, 0.5) is 0 Å². The van der Waals surface area contributed by atoms with Crippen molar-refractivity contribution in [2.24, 2.45) is 0 Å². The third-order valence-corrected chi connectivity index (χ3v) is 3.87. The Balaban J connectivity index is 2.26. The molecule has 0 saturated carbocycles. The van der Waals surface area contributed by atoms with Gasteiger partial charge in [-0.2, -0.15) is 0 Å². The molecule has 0 aliphatic heterocycles. The molecular weight excluding hydrogens is 266 g/mol. The fourth-order valence-electron chi connectivity index (χ4n) is 1.38. The highest BCUT2D eigenvalue weighted by molar-refractivity contribution is 7.89. The number of carbonyl (C=O) groups excluding carboxylic acids is 1. The summed E-state index contributed by atoms with van der Waals surface area (Å²) >= 11 is 0. The molecule has 0 aliphatic carbocycles. The summed E-state index contributed by atoms with van der Waals surface area (Å²) in [5, 5.41) is 2.60. The van der Waals surface area contributed by atoms with Crippen molar-refractivity contribution >= 4 is 15.9 Å². The maximum absolute atomic E-state index is 11.6. The first kappa shape index (κ1) is 15.6. The van der Waals surface area contributed by atoms with Gasteiger partial charge in [-0.1, -0.05) is 19.4 Å². The maximum atomic E-state index is 11.6. The van der Waals surface area contributed by atoms with Crippen molar-refractivity contribution in [2.45, 2.75) is 19.8 Å². The fourth-order valence-corrected chi connectivity index (χ4v) is 2.60. The lowest BCUT2D eigenvalue weighted by atomic mass is 10.3. The molecule has 19 heavy (non-hydrogen) atoms. The molecule has 0 radical (unpaired) electrons. The van der Waals surface area contributed by atoms with Gasteiger partial charge in [0.1, 0.15) is 5.69 Å². The smallest absolute Gasteiger partial charge is 0.269 e. The number of pyridine rings is 1. The second kappa shape index (κ2) is 7.85. The molecule has 0 fully saturated rings. The van der Waals surface area contributed by atoms with E-state index in [1.807, 2.05) is 6.92 Å². The highest BCUT2D eigenvalue weighted by Gasteiger charge is 2.09. The zero-order valence-corrected chi connectivity index (χ0v) is 11.7. The Bertz CT molecular complexity index is 488. The van der Waals surface area contributed by atoms with E-state index in [-0.39, 0.29) is 24.7 Å². The molecule has 0 aliphatic rings. The second-order valence-electron chi connectivity index (χ2n) is 4.04. The van der Waals surface area contributed by atoms with Gasteiger partial charge in [-0.25, -0.2) is 13.1 Å². The van der Waals surface area contributed by atoms with Crippen LogP contribution in [-0.4, -0.2) is 38.2 Å². The van der Waals surface area contributed by atoms with Gasteiger partial charge in [0.25, 0.3) is 5.91 Å². The van der Waals surface area contributed by atoms with Gasteiger partial charge < -0.3 is 5.32 Å². The molecule has 0 spiro atoms. The van der Waals surface area contributed by atoms with E-state index in [0.717, 1.165) is 6.42 Å². The summed E-state index contributed by atoms with van der Waals surface area (Å²) in [6.45, 7) is 2.36. The first-order valence-corrected chi connectivity index (χ1v) is 7.87. The van der Waals surface area contributed by atoms with Crippen LogP contribution >= 0.6 is 0 Å². The zero-order valence-electron chi connectivity index (χ0n) is 10.9. The predicted octanol–water partition coefficient (Wildman–Crippen LogP) is 0.531. The van der Waals surface area contributed by atoms with E-state index in [1.54, 1.807) is 18.2 Å². The molecule has 1 rings (SSSR count). The van der Waals surface area contributed by atoms with Gasteiger partial charge in [0.05, 0.1) is 5.75 Å². The molecule has 7 heteroatoms. The molecule has 1 amide bonds. The van der Waals surface area contributed by atoms with Crippen molar-refractivity contribution < 1.29 is 13.2 Å². The van der Waals surface area contributed by atoms with Crippen LogP contribution in [0.15, 0.2) is 24.4 Å². The number of hydrogen-bond donors (Lipinski definition) is 2. The first-order valence-electron chi connectivity index (χ1n) is 6.21. The van der Waals surface area contributed by atoms with Crippen molar-refractivity contribution in [3.63, 3.8) is 0 Å². The highest BCUT2D eigenvalue weighted by atomic mass is 32.2. The molecule has 0 saturated heterocycles. The normalized spacial score (nSPS) is 11.2. The largest absolute Gasteiger partial charge is 0.349 e. The summed E-state index contributed by atoms with van der Waals surface area (Å²) in [5.74, 6) is -0.189. The summed E-state index contributed by atoms with van der Waals surface area (Å²) in [7, 11) is -3.22. The summed E-state index contributed by atoms with van der Waals surface area (Å²) in [5.41, 5.74) is 0.316. The van der Waals surface area contributed by atoms with Crippen LogP contribution in [0.1, 0.15) is 30.3 Å². The molecule has 2 N–H and O–H groups in total. The number of amides is 1. The molecule has 0 unspecified atom stereocenters. The van der Waals surface area contributed by atoms with Crippen LogP contribution in [0.5, 0.6) is 0 Å². The Morgan fingerprint density at radius 2 is 2.11 bits per heavy atom. The summed E-state index contributed by atoms with van der Waals surface area (Å²) < 4.78 is 25.4. The second-order valence-corrected chi connectivity index (χ2v) is 5.96. The lowest BCUT2D eigenvalue weighted by molar-refractivity contribution is 0.0949. The monoisotopic (exact) mass is 285 g/mol. The number of nitrogens with one attached hydrogen (secondary N) is 2. The van der Waals surface area contributed by atoms with Crippen molar-refractivity contribution in [1.82, 2.24) is 15.0 Å². The molecular formula is C12H19N3O3S. The SMILES string of the molecule is CCCCS(=O)(=O)NCCNC(=O)c1ccccn1.